The molecule has 6 heteroatoms. The Balaban J connectivity index is 1.59. The Morgan fingerprint density at radius 2 is 2.12 bits per heavy atom. The minimum absolute atomic E-state index is 0.00987. The number of carbonyl (C=O) groups is 2. The Morgan fingerprint density at radius 3 is 2.88 bits per heavy atom. The van der Waals surface area contributed by atoms with Gasteiger partial charge in [-0.1, -0.05) is 30.4 Å². The summed E-state index contributed by atoms with van der Waals surface area (Å²) in [5, 5.41) is 0. The number of nitrogens with zero attached hydrogens (tertiary/aromatic N) is 2. The molecule has 1 aromatic carbocycles. The topological polar surface area (TPSA) is 49.9 Å². The fourth-order valence-corrected chi connectivity index (χ4v) is 3.52. The summed E-state index contributed by atoms with van der Waals surface area (Å²) in [4.78, 5) is 27.9. The van der Waals surface area contributed by atoms with E-state index in [1.165, 1.54) is 6.07 Å². The lowest BCUT2D eigenvalue weighted by atomic mass is 9.98. The first kappa shape index (κ1) is 17.6. The number of fused-ring (bicyclic) bond motifs is 1. The maximum Gasteiger partial charge on any atom is 0.226 e. The second kappa shape index (κ2) is 7.78. The lowest BCUT2D eigenvalue weighted by Gasteiger charge is -2.46. The van der Waals surface area contributed by atoms with Gasteiger partial charge in [0.05, 0.1) is 18.8 Å². The predicted molar refractivity (Wildman–Crippen MR) is 92.2 cm³/mol. The van der Waals surface area contributed by atoms with Gasteiger partial charge in [-0.15, -0.1) is 0 Å². The third-order valence-corrected chi connectivity index (χ3v) is 4.84. The van der Waals surface area contributed by atoms with Crippen LogP contribution in [0.1, 0.15) is 25.3 Å². The number of benzene rings is 1. The van der Waals surface area contributed by atoms with Crippen molar-refractivity contribution in [2.45, 2.75) is 31.9 Å². The number of rotatable bonds is 3. The molecular weight excluding hydrogens is 323 g/mol. The smallest absolute Gasteiger partial charge is 0.226 e. The van der Waals surface area contributed by atoms with Gasteiger partial charge in [0.2, 0.25) is 11.8 Å². The largest absolute Gasteiger partial charge is 0.374 e. The molecule has 0 saturated carbocycles. The van der Waals surface area contributed by atoms with Crippen LogP contribution in [-0.2, 0) is 14.3 Å². The molecule has 2 saturated heterocycles. The van der Waals surface area contributed by atoms with Crippen LogP contribution >= 0.6 is 0 Å². The van der Waals surface area contributed by atoms with Crippen LogP contribution < -0.4 is 0 Å². The molecular formula is C19H23FN2O3. The second-order valence-electron chi connectivity index (χ2n) is 6.45. The molecule has 0 bridgehead atoms. The number of piperidine rings is 1. The summed E-state index contributed by atoms with van der Waals surface area (Å²) in [6, 6.07) is 6.39. The van der Waals surface area contributed by atoms with Gasteiger partial charge in [0.15, 0.2) is 0 Å². The van der Waals surface area contributed by atoms with Gasteiger partial charge < -0.3 is 14.5 Å². The molecule has 2 amide bonds. The number of halogens is 1. The number of amides is 2. The van der Waals surface area contributed by atoms with Crippen LogP contribution in [0.15, 0.2) is 30.3 Å². The first-order valence-electron chi connectivity index (χ1n) is 8.64. The molecule has 0 aromatic heterocycles. The highest BCUT2D eigenvalue weighted by atomic mass is 19.1. The van der Waals surface area contributed by atoms with E-state index in [9.17, 15) is 14.0 Å². The third-order valence-electron chi connectivity index (χ3n) is 4.84. The van der Waals surface area contributed by atoms with Crippen molar-refractivity contribution in [2.75, 3.05) is 26.2 Å². The number of carbonyl (C=O) groups excluding carboxylic acids is 2. The van der Waals surface area contributed by atoms with E-state index in [-0.39, 0.29) is 36.2 Å². The summed E-state index contributed by atoms with van der Waals surface area (Å²) in [6.45, 7) is 3.81. The van der Waals surface area contributed by atoms with Gasteiger partial charge in [0.1, 0.15) is 5.82 Å². The van der Waals surface area contributed by atoms with Gasteiger partial charge in [0.25, 0.3) is 0 Å². The highest BCUT2D eigenvalue weighted by Gasteiger charge is 2.39. The van der Waals surface area contributed by atoms with Gasteiger partial charge in [-0.3, -0.25) is 9.59 Å². The number of likely N-dealkylation sites (tertiary alicyclic amines) is 1. The van der Waals surface area contributed by atoms with Crippen molar-refractivity contribution in [3.05, 3.63) is 41.7 Å². The van der Waals surface area contributed by atoms with Gasteiger partial charge >= 0.3 is 0 Å². The van der Waals surface area contributed by atoms with Crippen LogP contribution in [0.25, 0.3) is 6.08 Å². The van der Waals surface area contributed by atoms with E-state index < -0.39 is 0 Å². The van der Waals surface area contributed by atoms with E-state index in [2.05, 4.69) is 0 Å². The molecule has 2 aliphatic rings. The van der Waals surface area contributed by atoms with Gasteiger partial charge in [-0.05, 0) is 12.5 Å². The van der Waals surface area contributed by atoms with Crippen molar-refractivity contribution in [2.24, 2.45) is 0 Å². The van der Waals surface area contributed by atoms with Crippen molar-refractivity contribution < 1.29 is 18.7 Å². The van der Waals surface area contributed by atoms with Crippen LogP contribution in [0, 0.1) is 5.82 Å². The first-order chi connectivity index (χ1) is 12.1. The summed E-state index contributed by atoms with van der Waals surface area (Å²) in [7, 11) is 0. The number of hydrogen-bond donors (Lipinski definition) is 0. The molecule has 2 heterocycles. The van der Waals surface area contributed by atoms with E-state index >= 15 is 0 Å². The average Bonchev–Trinajstić information content (AvgIpc) is 2.62. The average molecular weight is 346 g/mol. The molecule has 25 heavy (non-hydrogen) atoms. The Kier molecular flexibility index (Phi) is 5.48. The van der Waals surface area contributed by atoms with Crippen LogP contribution in [0.4, 0.5) is 4.39 Å². The van der Waals surface area contributed by atoms with E-state index in [0.29, 0.717) is 31.8 Å². The van der Waals surface area contributed by atoms with E-state index in [0.717, 1.165) is 6.42 Å². The molecule has 0 radical (unpaired) electrons. The van der Waals surface area contributed by atoms with Crippen LogP contribution in [-0.4, -0.2) is 60.0 Å². The molecule has 0 aliphatic carbocycles. The summed E-state index contributed by atoms with van der Waals surface area (Å²) in [5.41, 5.74) is 0.470. The molecule has 3 rings (SSSR count). The van der Waals surface area contributed by atoms with Crippen molar-refractivity contribution in [3.8, 4) is 0 Å². The van der Waals surface area contributed by atoms with Crippen molar-refractivity contribution in [3.63, 3.8) is 0 Å². The highest BCUT2D eigenvalue weighted by Crippen LogP contribution is 2.23. The number of morpholine rings is 1. The van der Waals surface area contributed by atoms with Crippen LogP contribution in [0.2, 0.25) is 0 Å². The maximum absolute atomic E-state index is 13.6. The van der Waals surface area contributed by atoms with Gasteiger partial charge in [0, 0.05) is 38.5 Å². The summed E-state index contributed by atoms with van der Waals surface area (Å²) in [5.74, 6) is -0.296. The zero-order valence-electron chi connectivity index (χ0n) is 14.4. The van der Waals surface area contributed by atoms with Crippen molar-refractivity contribution in [1.29, 1.82) is 0 Å². The van der Waals surface area contributed by atoms with Crippen molar-refractivity contribution >= 4 is 17.9 Å². The van der Waals surface area contributed by atoms with E-state index in [4.69, 9.17) is 4.74 Å². The van der Waals surface area contributed by atoms with E-state index in [1.54, 1.807) is 42.2 Å². The van der Waals surface area contributed by atoms with Gasteiger partial charge in [-0.2, -0.15) is 0 Å². The summed E-state index contributed by atoms with van der Waals surface area (Å²) >= 11 is 0. The maximum atomic E-state index is 13.6. The molecule has 0 N–H and O–H groups in total. The van der Waals surface area contributed by atoms with Crippen LogP contribution in [0.3, 0.4) is 0 Å². The third kappa shape index (κ3) is 4.07. The molecule has 1 aromatic rings. The van der Waals surface area contributed by atoms with Crippen molar-refractivity contribution in [1.82, 2.24) is 9.80 Å². The molecule has 134 valence electrons. The SMILES string of the molecule is CC(=O)N1CCOC2CCN(C(=O)C/C=C/c3ccccc3F)CC21. The molecule has 2 aliphatic heterocycles. The Morgan fingerprint density at radius 1 is 1.32 bits per heavy atom. The van der Waals surface area contributed by atoms with Crippen LogP contribution in [0.5, 0.6) is 0 Å². The Hall–Kier alpha value is -2.21. The minimum atomic E-state index is -0.302. The highest BCUT2D eigenvalue weighted by molar-refractivity contribution is 5.79. The zero-order chi connectivity index (χ0) is 17.8. The van der Waals surface area contributed by atoms with E-state index in [1.807, 2.05) is 4.90 Å². The second-order valence-corrected chi connectivity index (χ2v) is 6.45. The molecule has 2 fully saturated rings. The minimum Gasteiger partial charge on any atom is -0.374 e. The quantitative estimate of drug-likeness (QED) is 0.842. The molecule has 5 nitrogen and oxygen atoms in total. The first-order valence-corrected chi connectivity index (χ1v) is 8.64. The molecule has 2 atom stereocenters. The molecule has 2 unspecified atom stereocenters. The standard InChI is InChI=1S/C19H23FN2O3/c1-14(23)22-11-12-25-18-9-10-21(13-17(18)22)19(24)8-4-6-15-5-2-3-7-16(15)20/h2-7,17-18H,8-13H2,1H3/b6-4+. The fourth-order valence-electron chi connectivity index (χ4n) is 3.52. The lowest BCUT2D eigenvalue weighted by molar-refractivity contribution is -0.155. The monoisotopic (exact) mass is 346 g/mol. The Labute approximate surface area is 147 Å². The number of ether oxygens (including phenoxy) is 1. The fraction of sp³-hybridized carbons (Fsp3) is 0.474. The van der Waals surface area contributed by atoms with Gasteiger partial charge in [-0.25, -0.2) is 4.39 Å². The summed E-state index contributed by atoms with van der Waals surface area (Å²) in [6.07, 6.45) is 4.28. The summed E-state index contributed by atoms with van der Waals surface area (Å²) < 4.78 is 19.3. The normalized spacial score (nSPS) is 23.6. The number of hydrogen-bond acceptors (Lipinski definition) is 3. The zero-order valence-corrected chi connectivity index (χ0v) is 14.4. The predicted octanol–water partition coefficient (Wildman–Crippen LogP) is 2.08. The molecule has 0 spiro atoms. The lowest BCUT2D eigenvalue weighted by Crippen LogP contribution is -2.61. The Bertz CT molecular complexity index is 676.